The van der Waals surface area contributed by atoms with Gasteiger partial charge < -0.3 is 0 Å². The lowest BCUT2D eigenvalue weighted by atomic mass is 10.2. The fourth-order valence-corrected chi connectivity index (χ4v) is 3.29. The Kier molecular flexibility index (Phi) is 3.68. The lowest BCUT2D eigenvalue weighted by Crippen LogP contribution is -2.30. The van der Waals surface area contributed by atoms with E-state index in [4.69, 9.17) is 0 Å². The number of rotatable bonds is 3. The Morgan fingerprint density at radius 1 is 1.32 bits per heavy atom. The molecule has 0 aliphatic heterocycles. The summed E-state index contributed by atoms with van der Waals surface area (Å²) in [6.45, 7) is 3.53. The van der Waals surface area contributed by atoms with Crippen LogP contribution in [-0.4, -0.2) is 19.3 Å². The van der Waals surface area contributed by atoms with Gasteiger partial charge in [-0.05, 0) is 31.5 Å². The Morgan fingerprint density at radius 3 is 2.63 bits per heavy atom. The normalized spacial score (nSPS) is 11.3. The highest BCUT2D eigenvalue weighted by atomic mass is 32.2. The highest BCUT2D eigenvalue weighted by molar-refractivity contribution is 7.90. The van der Waals surface area contributed by atoms with Gasteiger partial charge in [0.2, 0.25) is 0 Å². The number of aromatic nitrogens is 1. The van der Waals surface area contributed by atoms with Crippen LogP contribution in [0.25, 0.3) is 0 Å². The number of nitrogens with one attached hydrogen (secondary N) is 1. The van der Waals surface area contributed by atoms with Crippen LogP contribution in [0, 0.1) is 13.8 Å². The van der Waals surface area contributed by atoms with Crippen LogP contribution in [0.2, 0.25) is 0 Å². The fraction of sp³-hybridized carbons (Fsp3) is 0.167. The monoisotopic (exact) mass is 296 g/mol. The van der Waals surface area contributed by atoms with Gasteiger partial charge in [-0.15, -0.1) is 11.3 Å². The molecule has 0 saturated heterocycles. The van der Waals surface area contributed by atoms with Crippen molar-refractivity contribution in [2.75, 3.05) is 0 Å². The van der Waals surface area contributed by atoms with Gasteiger partial charge in [0.1, 0.15) is 4.88 Å². The van der Waals surface area contributed by atoms with E-state index in [1.54, 1.807) is 26.0 Å². The molecule has 0 radical (unpaired) electrons. The molecule has 7 heteroatoms. The van der Waals surface area contributed by atoms with Crippen molar-refractivity contribution in [1.82, 2.24) is 9.71 Å². The molecule has 0 spiro atoms. The SMILES string of the molecule is Cc1cccc(S(=O)(=O)NC(=O)c2cnc(C)s2)c1. The van der Waals surface area contributed by atoms with Gasteiger partial charge in [-0.2, -0.15) is 0 Å². The number of carbonyl (C=O) groups excluding carboxylic acids is 1. The van der Waals surface area contributed by atoms with E-state index in [2.05, 4.69) is 4.98 Å². The number of hydrogen-bond acceptors (Lipinski definition) is 5. The Hall–Kier alpha value is -1.73. The molecule has 1 amide bonds. The van der Waals surface area contributed by atoms with Gasteiger partial charge in [0, 0.05) is 0 Å². The van der Waals surface area contributed by atoms with Crippen molar-refractivity contribution in [2.45, 2.75) is 18.7 Å². The maximum atomic E-state index is 12.0. The average molecular weight is 296 g/mol. The first-order valence-electron chi connectivity index (χ1n) is 5.45. The van der Waals surface area contributed by atoms with Crippen molar-refractivity contribution in [3.63, 3.8) is 0 Å². The van der Waals surface area contributed by atoms with E-state index in [1.807, 2.05) is 4.72 Å². The number of sulfonamides is 1. The Morgan fingerprint density at radius 2 is 2.05 bits per heavy atom. The number of carbonyl (C=O) groups is 1. The standard InChI is InChI=1S/C12H12N2O3S2/c1-8-4-3-5-10(6-8)19(16,17)14-12(15)11-7-13-9(2)18-11/h3-7H,1-2H3,(H,14,15). The van der Waals surface area contributed by atoms with Crippen LogP contribution >= 0.6 is 11.3 Å². The summed E-state index contributed by atoms with van der Waals surface area (Å²) in [4.78, 5) is 16.1. The van der Waals surface area contributed by atoms with Crippen LogP contribution in [0.5, 0.6) is 0 Å². The van der Waals surface area contributed by atoms with Crippen molar-refractivity contribution in [2.24, 2.45) is 0 Å². The van der Waals surface area contributed by atoms with Crippen LogP contribution in [0.4, 0.5) is 0 Å². The predicted molar refractivity (Wildman–Crippen MR) is 72.7 cm³/mol. The summed E-state index contributed by atoms with van der Waals surface area (Å²) in [6.07, 6.45) is 1.36. The smallest absolute Gasteiger partial charge is 0.267 e. The molecule has 0 fully saturated rings. The van der Waals surface area contributed by atoms with Gasteiger partial charge in [-0.3, -0.25) is 4.79 Å². The molecule has 5 nitrogen and oxygen atoms in total. The lowest BCUT2D eigenvalue weighted by Gasteiger charge is -2.06. The van der Waals surface area contributed by atoms with Gasteiger partial charge in [0.25, 0.3) is 15.9 Å². The van der Waals surface area contributed by atoms with Crippen molar-refractivity contribution >= 4 is 27.3 Å². The number of amides is 1. The average Bonchev–Trinajstić information content (AvgIpc) is 2.75. The second-order valence-electron chi connectivity index (χ2n) is 3.99. The van der Waals surface area contributed by atoms with Crippen LogP contribution in [0.1, 0.15) is 20.2 Å². The summed E-state index contributed by atoms with van der Waals surface area (Å²) < 4.78 is 26.1. The minimum Gasteiger partial charge on any atom is -0.267 e. The molecule has 0 bridgehead atoms. The maximum Gasteiger partial charge on any atom is 0.276 e. The minimum atomic E-state index is -3.84. The van der Waals surface area contributed by atoms with Gasteiger partial charge in [0.15, 0.2) is 0 Å². The third-order valence-corrected chi connectivity index (χ3v) is 4.61. The first kappa shape index (κ1) is 13.7. The van der Waals surface area contributed by atoms with E-state index in [9.17, 15) is 13.2 Å². The topological polar surface area (TPSA) is 76.1 Å². The largest absolute Gasteiger partial charge is 0.276 e. The quantitative estimate of drug-likeness (QED) is 0.938. The molecule has 0 unspecified atom stereocenters. The number of hydrogen-bond donors (Lipinski definition) is 1. The number of nitrogens with zero attached hydrogens (tertiary/aromatic N) is 1. The third kappa shape index (κ3) is 3.18. The van der Waals surface area contributed by atoms with Crippen molar-refractivity contribution in [1.29, 1.82) is 0 Å². The van der Waals surface area contributed by atoms with Gasteiger partial charge in [0.05, 0.1) is 16.1 Å². The van der Waals surface area contributed by atoms with E-state index in [0.717, 1.165) is 16.9 Å². The second-order valence-corrected chi connectivity index (χ2v) is 6.91. The molecule has 0 aliphatic carbocycles. The van der Waals surface area contributed by atoms with E-state index >= 15 is 0 Å². The van der Waals surface area contributed by atoms with E-state index in [0.29, 0.717) is 5.01 Å². The number of aryl methyl sites for hydroxylation is 2. The van der Waals surface area contributed by atoms with Crippen LogP contribution in [-0.2, 0) is 10.0 Å². The number of benzene rings is 1. The molecule has 0 atom stereocenters. The molecular formula is C12H12N2O3S2. The Bertz CT molecular complexity index is 720. The van der Waals surface area contributed by atoms with Crippen LogP contribution in [0.3, 0.4) is 0 Å². The van der Waals surface area contributed by atoms with Gasteiger partial charge in [-0.1, -0.05) is 12.1 Å². The summed E-state index contributed by atoms with van der Waals surface area (Å²) in [7, 11) is -3.84. The van der Waals surface area contributed by atoms with E-state index in [-0.39, 0.29) is 9.77 Å². The first-order chi connectivity index (χ1) is 8.88. The van der Waals surface area contributed by atoms with Crippen LogP contribution in [0.15, 0.2) is 35.4 Å². The summed E-state index contributed by atoms with van der Waals surface area (Å²) >= 11 is 1.15. The minimum absolute atomic E-state index is 0.0714. The van der Waals surface area contributed by atoms with Crippen molar-refractivity contribution < 1.29 is 13.2 Å². The molecule has 19 heavy (non-hydrogen) atoms. The molecule has 1 N–H and O–H groups in total. The van der Waals surface area contributed by atoms with Crippen molar-refractivity contribution in [3.05, 3.63) is 45.9 Å². The zero-order chi connectivity index (χ0) is 14.0. The summed E-state index contributed by atoms with van der Waals surface area (Å²) in [6, 6.07) is 6.37. The molecule has 0 aliphatic rings. The van der Waals surface area contributed by atoms with E-state index in [1.165, 1.54) is 18.3 Å². The predicted octanol–water partition coefficient (Wildman–Crippen LogP) is 1.88. The summed E-state index contributed by atoms with van der Waals surface area (Å²) in [5.74, 6) is -0.660. The Balaban J connectivity index is 2.25. The summed E-state index contributed by atoms with van der Waals surface area (Å²) in [5, 5.41) is 0.707. The molecular weight excluding hydrogens is 284 g/mol. The molecule has 2 rings (SSSR count). The van der Waals surface area contributed by atoms with Crippen LogP contribution < -0.4 is 4.72 Å². The molecule has 1 heterocycles. The highest BCUT2D eigenvalue weighted by Gasteiger charge is 2.19. The molecule has 0 saturated carbocycles. The highest BCUT2D eigenvalue weighted by Crippen LogP contribution is 2.14. The molecule has 1 aromatic heterocycles. The van der Waals surface area contributed by atoms with Gasteiger partial charge in [-0.25, -0.2) is 18.1 Å². The number of thiazole rings is 1. The van der Waals surface area contributed by atoms with Crippen molar-refractivity contribution in [3.8, 4) is 0 Å². The second kappa shape index (κ2) is 5.10. The third-order valence-electron chi connectivity index (χ3n) is 2.37. The first-order valence-corrected chi connectivity index (χ1v) is 7.75. The molecule has 2 aromatic rings. The van der Waals surface area contributed by atoms with E-state index < -0.39 is 15.9 Å². The summed E-state index contributed by atoms with van der Waals surface area (Å²) in [5.41, 5.74) is 0.809. The zero-order valence-electron chi connectivity index (χ0n) is 10.4. The van der Waals surface area contributed by atoms with Gasteiger partial charge >= 0.3 is 0 Å². The maximum absolute atomic E-state index is 12.0. The lowest BCUT2D eigenvalue weighted by molar-refractivity contribution is 0.0985. The fourth-order valence-electron chi connectivity index (χ4n) is 1.48. The molecule has 100 valence electrons. The zero-order valence-corrected chi connectivity index (χ0v) is 12.0. The molecule has 1 aromatic carbocycles. The Labute approximate surface area is 115 Å².